The summed E-state index contributed by atoms with van der Waals surface area (Å²) in [4.78, 5) is 11.7. The highest BCUT2D eigenvalue weighted by molar-refractivity contribution is 7.91. The summed E-state index contributed by atoms with van der Waals surface area (Å²) in [5, 5.41) is 0. The van der Waals surface area contributed by atoms with Crippen molar-refractivity contribution in [1.82, 2.24) is 0 Å². The van der Waals surface area contributed by atoms with Crippen LogP contribution in [0.2, 0.25) is 0 Å². The molecule has 1 aromatic carbocycles. The molecule has 1 aromatic rings. The van der Waals surface area contributed by atoms with E-state index in [-0.39, 0.29) is 11.7 Å². The van der Waals surface area contributed by atoms with Crippen LogP contribution in [0.3, 0.4) is 0 Å². The molecular weight excluding hydrogens is 312 g/mol. The summed E-state index contributed by atoms with van der Waals surface area (Å²) in [5.74, 6) is 0.259. The first-order valence-electron chi connectivity index (χ1n) is 8.10. The Morgan fingerprint density at radius 3 is 2.43 bits per heavy atom. The van der Waals surface area contributed by atoms with E-state index in [0.717, 1.165) is 18.4 Å². The molecule has 2 rings (SSSR count). The predicted molar refractivity (Wildman–Crippen MR) is 90.0 cm³/mol. The maximum atomic E-state index is 11.9. The molecule has 1 atom stereocenters. The number of rotatable bonds is 7. The number of sulfone groups is 1. The van der Waals surface area contributed by atoms with Crippen molar-refractivity contribution in [3.8, 4) is 0 Å². The second kappa shape index (κ2) is 7.77. The van der Waals surface area contributed by atoms with Gasteiger partial charge in [-0.15, -0.1) is 0 Å². The van der Waals surface area contributed by atoms with Gasteiger partial charge in [0.15, 0.2) is 9.84 Å². The van der Waals surface area contributed by atoms with Crippen LogP contribution < -0.4 is 0 Å². The number of carbonyl (C=O) groups is 1. The summed E-state index contributed by atoms with van der Waals surface area (Å²) in [5.41, 5.74) is 1.03. The van der Waals surface area contributed by atoms with Gasteiger partial charge in [0.05, 0.1) is 17.3 Å². The number of esters is 1. The predicted octanol–water partition coefficient (Wildman–Crippen LogP) is 3.48. The molecule has 0 amide bonds. The maximum absolute atomic E-state index is 11.9. The van der Waals surface area contributed by atoms with E-state index in [9.17, 15) is 13.2 Å². The number of carbonyl (C=O) groups excluding carboxylic acids is 1. The molecule has 1 unspecified atom stereocenters. The maximum Gasteiger partial charge on any atom is 0.330 e. The van der Waals surface area contributed by atoms with Crippen molar-refractivity contribution in [2.75, 3.05) is 12.4 Å². The Balaban J connectivity index is 2.20. The molecule has 0 spiro atoms. The monoisotopic (exact) mass is 336 g/mol. The lowest BCUT2D eigenvalue weighted by molar-refractivity contribution is -0.138. The Morgan fingerprint density at radius 2 is 1.91 bits per heavy atom. The standard InChI is InChI=1S/C18H24O4S/c1-3-18(19)22-13-17(14-7-5-6-8-14)15-9-11-16(12-10-15)23(20,21)4-2/h3,9-12,14,17H,1,4-8,13H2,2H3. The quantitative estimate of drug-likeness (QED) is 0.565. The lowest BCUT2D eigenvalue weighted by Gasteiger charge is -2.23. The Hall–Kier alpha value is -1.62. The van der Waals surface area contributed by atoms with Crippen molar-refractivity contribution in [3.63, 3.8) is 0 Å². The number of benzene rings is 1. The summed E-state index contributed by atoms with van der Waals surface area (Å²) in [7, 11) is -3.19. The second-order valence-corrected chi connectivity index (χ2v) is 8.24. The largest absolute Gasteiger partial charge is 0.462 e. The van der Waals surface area contributed by atoms with Crippen molar-refractivity contribution in [2.45, 2.75) is 43.4 Å². The summed E-state index contributed by atoms with van der Waals surface area (Å²) < 4.78 is 29.1. The van der Waals surface area contributed by atoms with Gasteiger partial charge in [0.2, 0.25) is 0 Å². The van der Waals surface area contributed by atoms with E-state index in [1.807, 2.05) is 12.1 Å². The zero-order valence-corrected chi connectivity index (χ0v) is 14.3. The van der Waals surface area contributed by atoms with E-state index >= 15 is 0 Å². The molecule has 0 heterocycles. The van der Waals surface area contributed by atoms with Crippen LogP contribution >= 0.6 is 0 Å². The van der Waals surface area contributed by atoms with E-state index in [4.69, 9.17) is 4.74 Å². The van der Waals surface area contributed by atoms with Gasteiger partial charge >= 0.3 is 5.97 Å². The van der Waals surface area contributed by atoms with Gasteiger partial charge in [-0.25, -0.2) is 13.2 Å². The molecule has 1 aliphatic rings. The molecule has 0 aromatic heterocycles. The SMILES string of the molecule is C=CC(=O)OCC(c1ccc(S(=O)(=O)CC)cc1)C1CCCC1. The fourth-order valence-corrected chi connectivity index (χ4v) is 4.07. The molecule has 0 N–H and O–H groups in total. The Kier molecular flexibility index (Phi) is 5.99. The summed E-state index contributed by atoms with van der Waals surface area (Å²) in [6.45, 7) is 5.37. The highest BCUT2D eigenvalue weighted by atomic mass is 32.2. The molecule has 0 bridgehead atoms. The van der Waals surface area contributed by atoms with Gasteiger partial charge in [-0.05, 0) is 36.5 Å². The second-order valence-electron chi connectivity index (χ2n) is 5.96. The number of hydrogen-bond acceptors (Lipinski definition) is 4. The molecule has 1 saturated carbocycles. The van der Waals surface area contributed by atoms with Gasteiger partial charge in [0.25, 0.3) is 0 Å². The number of ether oxygens (including phenoxy) is 1. The van der Waals surface area contributed by atoms with Crippen LogP contribution in [0.25, 0.3) is 0 Å². The topological polar surface area (TPSA) is 60.4 Å². The third-order valence-corrected chi connectivity index (χ3v) is 6.34. The first-order chi connectivity index (χ1) is 11.0. The van der Waals surface area contributed by atoms with Crippen LogP contribution in [0.15, 0.2) is 41.8 Å². The molecular formula is C18H24O4S. The van der Waals surface area contributed by atoms with Crippen molar-refractivity contribution >= 4 is 15.8 Å². The van der Waals surface area contributed by atoms with E-state index in [1.165, 1.54) is 18.9 Å². The Bertz CT molecular complexity index is 640. The van der Waals surface area contributed by atoms with E-state index in [2.05, 4.69) is 6.58 Å². The highest BCUT2D eigenvalue weighted by Crippen LogP contribution is 2.37. The third kappa shape index (κ3) is 4.44. The summed E-state index contributed by atoms with van der Waals surface area (Å²) in [6, 6.07) is 7.03. The van der Waals surface area contributed by atoms with Crippen molar-refractivity contribution in [1.29, 1.82) is 0 Å². The first-order valence-corrected chi connectivity index (χ1v) is 9.75. The van der Waals surface area contributed by atoms with Gasteiger partial charge in [-0.2, -0.15) is 0 Å². The molecule has 126 valence electrons. The molecule has 1 fully saturated rings. The van der Waals surface area contributed by atoms with Gasteiger partial charge in [-0.1, -0.05) is 38.5 Å². The van der Waals surface area contributed by atoms with Crippen molar-refractivity contribution in [2.24, 2.45) is 5.92 Å². The Morgan fingerprint density at radius 1 is 1.30 bits per heavy atom. The summed E-state index contributed by atoms with van der Waals surface area (Å²) in [6.07, 6.45) is 5.79. The zero-order chi connectivity index (χ0) is 16.9. The van der Waals surface area contributed by atoms with Crippen LogP contribution in [0.4, 0.5) is 0 Å². The van der Waals surface area contributed by atoms with E-state index in [0.29, 0.717) is 17.4 Å². The molecule has 1 aliphatic carbocycles. The molecule has 5 heteroatoms. The minimum atomic E-state index is -3.19. The van der Waals surface area contributed by atoms with Crippen LogP contribution in [-0.2, 0) is 19.4 Å². The van der Waals surface area contributed by atoms with Crippen LogP contribution in [0.1, 0.15) is 44.1 Å². The zero-order valence-electron chi connectivity index (χ0n) is 13.5. The van der Waals surface area contributed by atoms with Gasteiger partial charge in [0.1, 0.15) is 0 Å². The van der Waals surface area contributed by atoms with Crippen molar-refractivity contribution in [3.05, 3.63) is 42.5 Å². The smallest absolute Gasteiger partial charge is 0.330 e. The lowest BCUT2D eigenvalue weighted by Crippen LogP contribution is -2.18. The van der Waals surface area contributed by atoms with Gasteiger partial charge in [0, 0.05) is 12.0 Å². The van der Waals surface area contributed by atoms with Crippen molar-refractivity contribution < 1.29 is 17.9 Å². The average molecular weight is 336 g/mol. The van der Waals surface area contributed by atoms with E-state index in [1.54, 1.807) is 19.1 Å². The third-order valence-electron chi connectivity index (χ3n) is 4.59. The Labute approximate surface area is 138 Å². The number of hydrogen-bond donors (Lipinski definition) is 0. The minimum Gasteiger partial charge on any atom is -0.462 e. The minimum absolute atomic E-state index is 0.0926. The highest BCUT2D eigenvalue weighted by Gasteiger charge is 2.27. The van der Waals surface area contributed by atoms with Crippen LogP contribution in [-0.4, -0.2) is 26.7 Å². The molecule has 0 radical (unpaired) electrons. The molecule has 4 nitrogen and oxygen atoms in total. The van der Waals surface area contributed by atoms with Crippen LogP contribution in [0, 0.1) is 5.92 Å². The molecule has 0 saturated heterocycles. The summed E-state index contributed by atoms with van der Waals surface area (Å²) >= 11 is 0. The van der Waals surface area contributed by atoms with Gasteiger partial charge in [-0.3, -0.25) is 0 Å². The first kappa shape index (κ1) is 17.7. The lowest BCUT2D eigenvalue weighted by atomic mass is 9.85. The average Bonchev–Trinajstić information content (AvgIpc) is 3.09. The fraction of sp³-hybridized carbons (Fsp3) is 0.500. The van der Waals surface area contributed by atoms with Crippen LogP contribution in [0.5, 0.6) is 0 Å². The fourth-order valence-electron chi connectivity index (χ4n) is 3.18. The molecule has 0 aliphatic heterocycles. The molecule has 23 heavy (non-hydrogen) atoms. The normalized spacial score (nSPS) is 16.9. The van der Waals surface area contributed by atoms with E-state index < -0.39 is 15.8 Å². The van der Waals surface area contributed by atoms with Gasteiger partial charge < -0.3 is 4.74 Å².